The van der Waals surface area contributed by atoms with E-state index < -0.39 is 0 Å². The number of hydrogen-bond acceptors (Lipinski definition) is 8. The van der Waals surface area contributed by atoms with Crippen molar-refractivity contribution in [2.24, 2.45) is 0 Å². The number of nitrogens with one attached hydrogen (secondary N) is 1. The molecule has 0 aliphatic heterocycles. The van der Waals surface area contributed by atoms with Gasteiger partial charge in [0.1, 0.15) is 23.5 Å². The summed E-state index contributed by atoms with van der Waals surface area (Å²) in [7, 11) is 1.58. The van der Waals surface area contributed by atoms with E-state index in [-0.39, 0.29) is 11.8 Å². The number of fused-ring (bicyclic) bond motifs is 1. The zero-order valence-electron chi connectivity index (χ0n) is 18.9. The lowest BCUT2D eigenvalue weighted by Crippen LogP contribution is -2.05. The van der Waals surface area contributed by atoms with Gasteiger partial charge in [0.15, 0.2) is 0 Å². The quantitative estimate of drug-likeness (QED) is 0.406. The van der Waals surface area contributed by atoms with Crippen LogP contribution >= 0.6 is 0 Å². The van der Waals surface area contributed by atoms with Crippen LogP contribution in [0.15, 0.2) is 48.7 Å². The fourth-order valence-electron chi connectivity index (χ4n) is 3.97. The van der Waals surface area contributed by atoms with E-state index in [1.54, 1.807) is 25.3 Å². The molecular formula is C26H21N7O. The number of nitrogens with zero attached hydrogens (tertiary/aromatic N) is 5. The molecule has 4 rings (SSSR count). The lowest BCUT2D eigenvalue weighted by molar-refractivity contribution is 0.420. The molecule has 0 spiro atoms. The number of hydrogen-bond donors (Lipinski definition) is 2. The zero-order valence-corrected chi connectivity index (χ0v) is 18.9. The van der Waals surface area contributed by atoms with Crippen LogP contribution in [0.5, 0.6) is 5.75 Å². The molecule has 0 unspecified atom stereocenters. The second kappa shape index (κ2) is 9.27. The molecule has 166 valence electrons. The average molecular weight is 448 g/mol. The van der Waals surface area contributed by atoms with Crippen LogP contribution in [0.3, 0.4) is 0 Å². The molecule has 8 heteroatoms. The van der Waals surface area contributed by atoms with Crippen LogP contribution in [-0.2, 0) is 0 Å². The van der Waals surface area contributed by atoms with Gasteiger partial charge in [0.2, 0.25) is 5.95 Å². The lowest BCUT2D eigenvalue weighted by Gasteiger charge is -2.17. The van der Waals surface area contributed by atoms with Crippen molar-refractivity contribution in [2.75, 3.05) is 18.2 Å². The summed E-state index contributed by atoms with van der Waals surface area (Å²) < 4.78 is 5.54. The first kappa shape index (κ1) is 22.3. The minimum atomic E-state index is 0.267. The molecular weight excluding hydrogens is 426 g/mol. The van der Waals surface area contributed by atoms with Crippen molar-refractivity contribution in [1.82, 2.24) is 15.0 Å². The highest BCUT2D eigenvalue weighted by atomic mass is 16.5. The number of nitriles is 2. The lowest BCUT2D eigenvalue weighted by atomic mass is 9.91. The molecule has 8 nitrogen and oxygen atoms in total. The summed E-state index contributed by atoms with van der Waals surface area (Å²) in [5.74, 6) is 1.61. The monoisotopic (exact) mass is 447 g/mol. The van der Waals surface area contributed by atoms with Crippen LogP contribution < -0.4 is 15.8 Å². The smallest absolute Gasteiger partial charge is 0.230 e. The van der Waals surface area contributed by atoms with Crippen molar-refractivity contribution in [1.29, 1.82) is 10.5 Å². The number of ether oxygens (including phenoxy) is 1. The van der Waals surface area contributed by atoms with Crippen LogP contribution in [0.4, 0.5) is 17.6 Å². The van der Waals surface area contributed by atoms with Gasteiger partial charge in [-0.3, -0.25) is 0 Å². The zero-order chi connectivity index (χ0) is 24.2. The molecule has 2 heterocycles. The largest absolute Gasteiger partial charge is 0.496 e. The molecule has 34 heavy (non-hydrogen) atoms. The number of rotatable bonds is 5. The summed E-state index contributed by atoms with van der Waals surface area (Å²) in [5.41, 5.74) is 12.4. The number of anilines is 3. The van der Waals surface area contributed by atoms with Gasteiger partial charge in [-0.1, -0.05) is 12.1 Å². The SMILES string of the molecule is COc1ccc(-c2c(C)cc(/C=C/C#N)cc2C)c2nc(Nc3ccc(C#N)cn3)nc(N)c12. The van der Waals surface area contributed by atoms with Crippen LogP contribution in [-0.4, -0.2) is 22.1 Å². The van der Waals surface area contributed by atoms with Crippen LogP contribution in [0.2, 0.25) is 0 Å². The Labute approximate surface area is 197 Å². The van der Waals surface area contributed by atoms with Gasteiger partial charge in [0.05, 0.1) is 29.6 Å². The van der Waals surface area contributed by atoms with Gasteiger partial charge in [0.25, 0.3) is 0 Å². The molecule has 0 saturated heterocycles. The first-order valence-corrected chi connectivity index (χ1v) is 10.4. The number of nitrogens with two attached hydrogens (primary N) is 1. The number of allylic oxidation sites excluding steroid dienone is 1. The summed E-state index contributed by atoms with van der Waals surface area (Å²) in [4.78, 5) is 13.4. The molecule has 2 aromatic carbocycles. The van der Waals surface area contributed by atoms with Crippen LogP contribution in [0.1, 0.15) is 22.3 Å². The molecule has 0 aliphatic carbocycles. The van der Waals surface area contributed by atoms with E-state index in [0.717, 1.165) is 27.8 Å². The third-order valence-corrected chi connectivity index (χ3v) is 5.37. The van der Waals surface area contributed by atoms with Gasteiger partial charge in [-0.2, -0.15) is 15.5 Å². The maximum atomic E-state index is 8.98. The summed E-state index contributed by atoms with van der Waals surface area (Å²) in [6.45, 7) is 4.04. The van der Waals surface area contributed by atoms with E-state index in [2.05, 4.69) is 15.3 Å². The third kappa shape index (κ3) is 4.21. The predicted octanol–water partition coefficient (Wildman–Crippen LogP) is 5.05. The van der Waals surface area contributed by atoms with Crippen molar-refractivity contribution in [3.05, 3.63) is 70.9 Å². The van der Waals surface area contributed by atoms with Crippen molar-refractivity contribution < 1.29 is 4.74 Å². The minimum absolute atomic E-state index is 0.267. The summed E-state index contributed by atoms with van der Waals surface area (Å²) >= 11 is 0. The van der Waals surface area contributed by atoms with Gasteiger partial charge in [-0.15, -0.1) is 0 Å². The molecule has 0 fully saturated rings. The standard InChI is InChI=1S/C26H21N7O/c1-15-11-17(5-4-10-27)12-16(2)22(15)19-7-8-20(34-3)23-24(19)32-26(33-25(23)29)31-21-9-6-18(13-28)14-30-21/h4-9,11-12,14H,1-3H3,(H3,29,30,31,32,33)/b5-4+. The molecule has 0 amide bonds. The van der Waals surface area contributed by atoms with Gasteiger partial charge >= 0.3 is 0 Å². The van der Waals surface area contributed by atoms with Crippen molar-refractivity contribution in [3.63, 3.8) is 0 Å². The van der Waals surface area contributed by atoms with Gasteiger partial charge in [-0.25, -0.2) is 9.97 Å². The molecule has 4 aromatic rings. The Bertz CT molecular complexity index is 1490. The maximum Gasteiger partial charge on any atom is 0.230 e. The summed E-state index contributed by atoms with van der Waals surface area (Å²) in [6.07, 6.45) is 4.71. The Morgan fingerprint density at radius 2 is 1.82 bits per heavy atom. The molecule has 0 saturated carbocycles. The van der Waals surface area contributed by atoms with E-state index in [0.29, 0.717) is 28.0 Å². The van der Waals surface area contributed by atoms with Gasteiger partial charge in [-0.05, 0) is 66.4 Å². The van der Waals surface area contributed by atoms with E-state index in [1.807, 2.05) is 50.3 Å². The second-order valence-corrected chi connectivity index (χ2v) is 7.63. The first-order chi connectivity index (χ1) is 16.4. The summed E-state index contributed by atoms with van der Waals surface area (Å²) in [5, 5.41) is 21.5. The average Bonchev–Trinajstić information content (AvgIpc) is 2.83. The third-order valence-electron chi connectivity index (χ3n) is 5.37. The highest BCUT2D eigenvalue weighted by Gasteiger charge is 2.18. The molecule has 0 bridgehead atoms. The fraction of sp³-hybridized carbons (Fsp3) is 0.115. The normalized spacial score (nSPS) is 10.7. The Hall–Kier alpha value is -4.95. The number of methoxy groups -OCH3 is 1. The van der Waals surface area contributed by atoms with Crippen molar-refractivity contribution >= 4 is 34.6 Å². The van der Waals surface area contributed by atoms with E-state index in [1.165, 1.54) is 12.3 Å². The first-order valence-electron chi connectivity index (χ1n) is 10.4. The van der Waals surface area contributed by atoms with E-state index in [4.69, 9.17) is 26.0 Å². The highest BCUT2D eigenvalue weighted by molar-refractivity contribution is 6.04. The predicted molar refractivity (Wildman–Crippen MR) is 132 cm³/mol. The number of benzene rings is 2. The van der Waals surface area contributed by atoms with Crippen LogP contribution in [0, 0.1) is 36.5 Å². The molecule has 0 radical (unpaired) electrons. The van der Waals surface area contributed by atoms with Gasteiger partial charge < -0.3 is 15.8 Å². The Balaban J connectivity index is 1.90. The maximum absolute atomic E-state index is 8.98. The van der Waals surface area contributed by atoms with Crippen molar-refractivity contribution in [3.8, 4) is 29.0 Å². The van der Waals surface area contributed by atoms with Gasteiger partial charge in [0, 0.05) is 17.8 Å². The second-order valence-electron chi connectivity index (χ2n) is 7.63. The highest BCUT2D eigenvalue weighted by Crippen LogP contribution is 2.39. The minimum Gasteiger partial charge on any atom is -0.496 e. The molecule has 3 N–H and O–H groups in total. The Kier molecular flexibility index (Phi) is 6.07. The Morgan fingerprint density at radius 3 is 2.44 bits per heavy atom. The van der Waals surface area contributed by atoms with E-state index >= 15 is 0 Å². The topological polar surface area (TPSA) is 134 Å². The number of aryl methyl sites for hydroxylation is 2. The number of nitrogen functional groups attached to an aromatic ring is 1. The molecule has 2 aromatic heterocycles. The fourth-order valence-corrected chi connectivity index (χ4v) is 3.97. The number of pyridine rings is 1. The number of aromatic nitrogens is 3. The van der Waals surface area contributed by atoms with Crippen LogP contribution in [0.25, 0.3) is 28.1 Å². The summed E-state index contributed by atoms with van der Waals surface area (Å²) in [6, 6.07) is 15.3. The molecule has 0 atom stereocenters. The van der Waals surface area contributed by atoms with Crippen molar-refractivity contribution in [2.45, 2.75) is 13.8 Å². The van der Waals surface area contributed by atoms with E-state index in [9.17, 15) is 0 Å². The molecule has 0 aliphatic rings. The Morgan fingerprint density at radius 1 is 1.06 bits per heavy atom.